The summed E-state index contributed by atoms with van der Waals surface area (Å²) in [5, 5.41) is 2.12. The Morgan fingerprint density at radius 2 is 1.69 bits per heavy atom. The summed E-state index contributed by atoms with van der Waals surface area (Å²) in [5.74, 6) is -1.55. The van der Waals surface area contributed by atoms with Crippen LogP contribution < -0.4 is 5.32 Å². The standard InChI is InChI=1S/C21H27NO4/c1-20(2,3)15-8-7-13(16(11-15)21(4,5)6)12-26-18(24)10-14-9-17(23)22-19(14)25/h7-9,11H,10,12H2,1-6H3,(H,22,23,25). The van der Waals surface area contributed by atoms with Crippen LogP contribution in [0, 0.1) is 0 Å². The van der Waals surface area contributed by atoms with Crippen LogP contribution in [-0.4, -0.2) is 17.8 Å². The Bertz CT molecular complexity index is 776. The van der Waals surface area contributed by atoms with E-state index >= 15 is 0 Å². The highest BCUT2D eigenvalue weighted by Crippen LogP contribution is 2.32. The van der Waals surface area contributed by atoms with Gasteiger partial charge in [0.05, 0.1) is 6.42 Å². The van der Waals surface area contributed by atoms with Crippen LogP contribution in [0.1, 0.15) is 64.7 Å². The van der Waals surface area contributed by atoms with Gasteiger partial charge in [-0.15, -0.1) is 0 Å². The highest BCUT2D eigenvalue weighted by molar-refractivity contribution is 6.17. The van der Waals surface area contributed by atoms with Crippen LogP contribution in [0.4, 0.5) is 0 Å². The predicted molar refractivity (Wildman–Crippen MR) is 99.5 cm³/mol. The molecule has 0 unspecified atom stereocenters. The zero-order chi connectivity index (χ0) is 19.7. The Morgan fingerprint density at radius 1 is 1.04 bits per heavy atom. The molecule has 0 saturated heterocycles. The van der Waals surface area contributed by atoms with Crippen molar-refractivity contribution in [3.05, 3.63) is 46.5 Å². The van der Waals surface area contributed by atoms with Gasteiger partial charge >= 0.3 is 5.97 Å². The lowest BCUT2D eigenvalue weighted by Crippen LogP contribution is -2.23. The largest absolute Gasteiger partial charge is 0.461 e. The molecule has 5 nitrogen and oxygen atoms in total. The lowest BCUT2D eigenvalue weighted by atomic mass is 9.78. The van der Waals surface area contributed by atoms with Crippen molar-refractivity contribution in [3.63, 3.8) is 0 Å². The SMILES string of the molecule is CC(C)(C)c1ccc(COC(=O)CC2=CC(=O)NC2=O)c(C(C)(C)C)c1. The van der Waals surface area contributed by atoms with Gasteiger partial charge in [-0.3, -0.25) is 19.7 Å². The Labute approximate surface area is 154 Å². The summed E-state index contributed by atoms with van der Waals surface area (Å²) in [6, 6.07) is 6.23. The lowest BCUT2D eigenvalue weighted by Gasteiger charge is -2.27. The van der Waals surface area contributed by atoms with E-state index in [4.69, 9.17) is 4.74 Å². The number of esters is 1. The molecule has 2 rings (SSSR count). The number of amides is 2. The third kappa shape index (κ3) is 4.81. The average Bonchev–Trinajstić information content (AvgIpc) is 2.80. The minimum atomic E-state index is -0.531. The predicted octanol–water partition coefficient (Wildman–Crippen LogP) is 3.30. The Morgan fingerprint density at radius 3 is 2.19 bits per heavy atom. The maximum atomic E-state index is 12.1. The molecule has 1 heterocycles. The topological polar surface area (TPSA) is 72.5 Å². The highest BCUT2D eigenvalue weighted by Gasteiger charge is 2.25. The third-order valence-electron chi connectivity index (χ3n) is 4.34. The van der Waals surface area contributed by atoms with Crippen LogP contribution in [0.2, 0.25) is 0 Å². The molecule has 1 aliphatic heterocycles. The van der Waals surface area contributed by atoms with Gasteiger partial charge in [0, 0.05) is 11.6 Å². The first-order valence-electron chi connectivity index (χ1n) is 8.73. The van der Waals surface area contributed by atoms with Crippen molar-refractivity contribution in [2.75, 3.05) is 0 Å². The lowest BCUT2D eigenvalue weighted by molar-refractivity contribution is -0.144. The van der Waals surface area contributed by atoms with Gasteiger partial charge in [0.25, 0.3) is 11.8 Å². The summed E-state index contributed by atoms with van der Waals surface area (Å²) in [6.45, 7) is 13.0. The van der Waals surface area contributed by atoms with Crippen LogP contribution in [0.25, 0.3) is 0 Å². The average molecular weight is 357 g/mol. The first-order valence-corrected chi connectivity index (χ1v) is 8.73. The monoisotopic (exact) mass is 357 g/mol. The van der Waals surface area contributed by atoms with Gasteiger partial charge in [0.1, 0.15) is 6.61 Å². The number of carbonyl (C=O) groups excluding carboxylic acids is 3. The molecule has 1 aromatic carbocycles. The number of hydrogen-bond donors (Lipinski definition) is 1. The molecule has 0 fully saturated rings. The normalized spacial score (nSPS) is 14.9. The number of rotatable bonds is 4. The van der Waals surface area contributed by atoms with Crippen LogP contribution in [0.15, 0.2) is 29.8 Å². The summed E-state index contributed by atoms with van der Waals surface area (Å²) < 4.78 is 5.36. The number of nitrogens with one attached hydrogen (secondary N) is 1. The fraction of sp³-hybridized carbons (Fsp3) is 0.476. The van der Waals surface area contributed by atoms with Crippen LogP contribution in [0.5, 0.6) is 0 Å². The van der Waals surface area contributed by atoms with E-state index in [9.17, 15) is 14.4 Å². The first-order chi connectivity index (χ1) is 11.9. The molecule has 2 amide bonds. The van der Waals surface area contributed by atoms with Crippen molar-refractivity contribution in [1.82, 2.24) is 5.32 Å². The zero-order valence-electron chi connectivity index (χ0n) is 16.4. The molecular formula is C21H27NO4. The van der Waals surface area contributed by atoms with Gasteiger partial charge < -0.3 is 4.74 Å². The van der Waals surface area contributed by atoms with Crippen molar-refractivity contribution in [3.8, 4) is 0 Å². The molecule has 0 saturated carbocycles. The molecule has 0 aliphatic carbocycles. The van der Waals surface area contributed by atoms with Crippen molar-refractivity contribution in [2.45, 2.75) is 65.4 Å². The molecule has 1 aromatic rings. The molecule has 0 aromatic heterocycles. The van der Waals surface area contributed by atoms with Gasteiger partial charge in [-0.2, -0.15) is 0 Å². The molecule has 0 bridgehead atoms. The summed E-state index contributed by atoms with van der Waals surface area (Å²) in [7, 11) is 0. The molecule has 140 valence electrons. The smallest absolute Gasteiger partial charge is 0.310 e. The second-order valence-electron chi connectivity index (χ2n) is 8.70. The maximum absolute atomic E-state index is 12.1. The summed E-state index contributed by atoms with van der Waals surface area (Å²) in [6.07, 6.45) is 0.935. The van der Waals surface area contributed by atoms with Crippen molar-refractivity contribution in [1.29, 1.82) is 0 Å². The maximum Gasteiger partial charge on any atom is 0.310 e. The molecule has 5 heteroatoms. The summed E-state index contributed by atoms with van der Waals surface area (Å²) >= 11 is 0. The minimum absolute atomic E-state index is 0.0318. The van der Waals surface area contributed by atoms with E-state index in [0.717, 1.165) is 17.2 Å². The number of benzene rings is 1. The molecule has 0 radical (unpaired) electrons. The Hall–Kier alpha value is -2.43. The van der Waals surface area contributed by atoms with Gasteiger partial charge in [-0.1, -0.05) is 59.7 Å². The van der Waals surface area contributed by atoms with Crippen LogP contribution in [-0.2, 0) is 36.6 Å². The number of ether oxygens (including phenoxy) is 1. The third-order valence-corrected chi connectivity index (χ3v) is 4.34. The second kappa shape index (κ2) is 7.06. The van der Waals surface area contributed by atoms with Gasteiger partial charge in [-0.05, 0) is 27.5 Å². The van der Waals surface area contributed by atoms with Crippen molar-refractivity contribution >= 4 is 17.8 Å². The molecule has 1 aliphatic rings. The number of carbonyl (C=O) groups is 3. The Kier molecular flexibility index (Phi) is 5.40. The van der Waals surface area contributed by atoms with Crippen LogP contribution >= 0.6 is 0 Å². The van der Waals surface area contributed by atoms with Crippen molar-refractivity contribution in [2.24, 2.45) is 0 Å². The van der Waals surface area contributed by atoms with Crippen LogP contribution in [0.3, 0.4) is 0 Å². The molecule has 26 heavy (non-hydrogen) atoms. The second-order valence-corrected chi connectivity index (χ2v) is 8.70. The fourth-order valence-corrected chi connectivity index (χ4v) is 2.82. The van der Waals surface area contributed by atoms with Gasteiger partial charge in [-0.25, -0.2) is 0 Å². The van der Waals surface area contributed by atoms with E-state index in [0.29, 0.717) is 0 Å². The van der Waals surface area contributed by atoms with E-state index in [-0.39, 0.29) is 29.4 Å². The zero-order valence-corrected chi connectivity index (χ0v) is 16.4. The van der Waals surface area contributed by atoms with E-state index in [1.165, 1.54) is 5.56 Å². The minimum Gasteiger partial charge on any atom is -0.461 e. The van der Waals surface area contributed by atoms with E-state index < -0.39 is 17.8 Å². The quantitative estimate of drug-likeness (QED) is 0.663. The van der Waals surface area contributed by atoms with E-state index in [2.05, 4.69) is 59.0 Å². The Balaban J connectivity index is 2.14. The molecule has 0 spiro atoms. The number of imide groups is 1. The molecule has 0 atom stereocenters. The van der Waals surface area contributed by atoms with E-state index in [1.54, 1.807) is 0 Å². The van der Waals surface area contributed by atoms with Gasteiger partial charge in [0.2, 0.25) is 0 Å². The summed E-state index contributed by atoms with van der Waals surface area (Å²) in [5.41, 5.74) is 3.38. The summed E-state index contributed by atoms with van der Waals surface area (Å²) in [4.78, 5) is 34.7. The van der Waals surface area contributed by atoms with Gasteiger partial charge in [0.15, 0.2) is 0 Å². The molecular weight excluding hydrogens is 330 g/mol. The van der Waals surface area contributed by atoms with Crippen molar-refractivity contribution < 1.29 is 19.1 Å². The first kappa shape index (κ1) is 19.9. The highest BCUT2D eigenvalue weighted by atomic mass is 16.5. The van der Waals surface area contributed by atoms with E-state index in [1.807, 2.05) is 6.07 Å². The molecule has 1 N–H and O–H groups in total. The number of hydrogen-bond acceptors (Lipinski definition) is 4. The fourth-order valence-electron chi connectivity index (χ4n) is 2.82.